The molecule has 0 radical (unpaired) electrons. The molecule has 0 fully saturated rings. The molecule has 5 nitrogen and oxygen atoms in total. The Balaban J connectivity index is 3.67. The molecule has 0 aliphatic rings. The maximum atomic E-state index is 8.59. The van der Waals surface area contributed by atoms with E-state index in [4.69, 9.17) is 10.9 Å². The Hall–Kier alpha value is -0.810. The first-order valence-corrected chi connectivity index (χ1v) is 5.29. The lowest BCUT2D eigenvalue weighted by Gasteiger charge is -2.22. The van der Waals surface area contributed by atoms with Gasteiger partial charge in [0.15, 0.2) is 0 Å². The van der Waals surface area contributed by atoms with Crippen LogP contribution in [0.4, 0.5) is 0 Å². The Morgan fingerprint density at radius 1 is 1.40 bits per heavy atom. The van der Waals surface area contributed by atoms with E-state index in [9.17, 15) is 0 Å². The van der Waals surface area contributed by atoms with Crippen molar-refractivity contribution in [3.05, 3.63) is 0 Å². The highest BCUT2D eigenvalue weighted by atomic mass is 16.4. The zero-order valence-corrected chi connectivity index (χ0v) is 10.2. The smallest absolute Gasteiger partial charge is 0.144 e. The van der Waals surface area contributed by atoms with E-state index in [0.29, 0.717) is 5.84 Å². The second-order valence-electron chi connectivity index (χ2n) is 4.63. The van der Waals surface area contributed by atoms with Gasteiger partial charge in [0.1, 0.15) is 5.84 Å². The fraction of sp³-hybridized carbons (Fsp3) is 0.900. The summed E-state index contributed by atoms with van der Waals surface area (Å²) in [5.41, 5.74) is 8.57. The van der Waals surface area contributed by atoms with Gasteiger partial charge in [0.2, 0.25) is 0 Å². The summed E-state index contributed by atoms with van der Waals surface area (Å²) >= 11 is 0. The fourth-order valence-electron chi connectivity index (χ4n) is 1.26. The Bertz CT molecular complexity index is 202. The molecule has 0 saturated heterocycles. The monoisotopic (exact) mass is 216 g/mol. The van der Waals surface area contributed by atoms with Gasteiger partial charge in [0, 0.05) is 26.1 Å². The first-order valence-electron chi connectivity index (χ1n) is 5.29. The molecule has 4 N–H and O–H groups in total. The summed E-state index contributed by atoms with van der Waals surface area (Å²) in [6, 6.07) is 0. The van der Waals surface area contributed by atoms with Crippen molar-refractivity contribution < 1.29 is 5.21 Å². The zero-order valence-electron chi connectivity index (χ0n) is 10.2. The number of amidine groups is 1. The van der Waals surface area contributed by atoms with Crippen molar-refractivity contribution in [2.75, 3.05) is 20.6 Å². The molecule has 0 aromatic heterocycles. The van der Waals surface area contributed by atoms with Crippen molar-refractivity contribution in [2.24, 2.45) is 16.3 Å². The highest BCUT2D eigenvalue weighted by Crippen LogP contribution is 2.22. The van der Waals surface area contributed by atoms with Crippen molar-refractivity contribution in [3.8, 4) is 0 Å². The van der Waals surface area contributed by atoms with Crippen LogP contribution >= 0.6 is 0 Å². The fourth-order valence-corrected chi connectivity index (χ4v) is 1.26. The second-order valence-corrected chi connectivity index (χ2v) is 4.63. The normalized spacial score (nSPS) is 13.5. The van der Waals surface area contributed by atoms with Gasteiger partial charge in [-0.05, 0) is 12.8 Å². The molecule has 0 aliphatic heterocycles. The first kappa shape index (κ1) is 14.2. The van der Waals surface area contributed by atoms with E-state index in [1.165, 1.54) is 0 Å². The summed E-state index contributed by atoms with van der Waals surface area (Å²) in [6.07, 6.45) is 3.07. The number of hydrogen-bond donors (Lipinski definition) is 3. The molecule has 90 valence electrons. The van der Waals surface area contributed by atoms with Crippen LogP contribution in [0.1, 0.15) is 33.1 Å². The summed E-state index contributed by atoms with van der Waals surface area (Å²) in [5.74, 6) is 0.308. The summed E-state index contributed by atoms with van der Waals surface area (Å²) in [4.78, 5) is 0. The number of rotatable bonds is 7. The summed E-state index contributed by atoms with van der Waals surface area (Å²) < 4.78 is 0. The van der Waals surface area contributed by atoms with Gasteiger partial charge >= 0.3 is 0 Å². The van der Waals surface area contributed by atoms with Crippen LogP contribution in [0, 0.1) is 5.41 Å². The zero-order chi connectivity index (χ0) is 11.9. The molecule has 0 bridgehead atoms. The third kappa shape index (κ3) is 6.30. The van der Waals surface area contributed by atoms with Crippen LogP contribution in [-0.4, -0.2) is 36.7 Å². The lowest BCUT2D eigenvalue weighted by atomic mass is 9.86. The van der Waals surface area contributed by atoms with Gasteiger partial charge in [0.25, 0.3) is 0 Å². The Kier molecular flexibility index (Phi) is 6.27. The van der Waals surface area contributed by atoms with Crippen LogP contribution in [0.3, 0.4) is 0 Å². The van der Waals surface area contributed by atoms with E-state index in [-0.39, 0.29) is 5.41 Å². The van der Waals surface area contributed by atoms with Gasteiger partial charge < -0.3 is 10.9 Å². The third-order valence-electron chi connectivity index (χ3n) is 2.46. The minimum absolute atomic E-state index is 0.215. The molecule has 0 unspecified atom stereocenters. The van der Waals surface area contributed by atoms with Gasteiger partial charge in [-0.15, -0.1) is 0 Å². The van der Waals surface area contributed by atoms with Crippen molar-refractivity contribution in [2.45, 2.75) is 33.1 Å². The number of hydrogen-bond acceptors (Lipinski definition) is 4. The van der Waals surface area contributed by atoms with Crippen LogP contribution < -0.4 is 11.2 Å². The van der Waals surface area contributed by atoms with E-state index in [1.54, 1.807) is 0 Å². The number of nitrogens with two attached hydrogens (primary N) is 1. The van der Waals surface area contributed by atoms with Crippen molar-refractivity contribution in [1.29, 1.82) is 0 Å². The Morgan fingerprint density at radius 3 is 2.47 bits per heavy atom. The van der Waals surface area contributed by atoms with Crippen LogP contribution in [0.15, 0.2) is 5.16 Å². The Labute approximate surface area is 92.3 Å². The maximum absolute atomic E-state index is 8.59. The average Bonchev–Trinajstić information content (AvgIpc) is 2.15. The minimum atomic E-state index is -0.215. The molecule has 0 atom stereocenters. The molecule has 0 aromatic carbocycles. The summed E-state index contributed by atoms with van der Waals surface area (Å²) in [5, 5.41) is 13.6. The van der Waals surface area contributed by atoms with Gasteiger partial charge in [-0.2, -0.15) is 0 Å². The van der Waals surface area contributed by atoms with E-state index in [2.05, 4.69) is 10.6 Å². The molecule has 0 rings (SSSR count). The van der Waals surface area contributed by atoms with Gasteiger partial charge in [-0.1, -0.05) is 25.4 Å². The van der Waals surface area contributed by atoms with Gasteiger partial charge in [-0.3, -0.25) is 10.4 Å². The van der Waals surface area contributed by atoms with Crippen molar-refractivity contribution in [3.63, 3.8) is 0 Å². The number of oxime groups is 1. The number of hydrazine groups is 1. The lowest BCUT2D eigenvalue weighted by Crippen LogP contribution is -2.33. The van der Waals surface area contributed by atoms with E-state index < -0.39 is 0 Å². The van der Waals surface area contributed by atoms with E-state index >= 15 is 0 Å². The molecule has 0 aliphatic carbocycles. The molecule has 0 heterocycles. The number of nitrogens with zero attached hydrogens (tertiary/aromatic N) is 2. The minimum Gasteiger partial charge on any atom is -0.409 e. The topological polar surface area (TPSA) is 73.9 Å². The van der Waals surface area contributed by atoms with Gasteiger partial charge in [-0.25, -0.2) is 0 Å². The average molecular weight is 216 g/mol. The maximum Gasteiger partial charge on any atom is 0.144 e. The largest absolute Gasteiger partial charge is 0.409 e. The first-order chi connectivity index (χ1) is 6.90. The lowest BCUT2D eigenvalue weighted by molar-refractivity contribution is 0.281. The molecule has 0 aromatic rings. The molecule has 0 saturated carbocycles. The quantitative estimate of drug-likeness (QED) is 0.195. The highest BCUT2D eigenvalue weighted by molar-refractivity contribution is 5.85. The number of nitrogens with one attached hydrogen (secondary N) is 1. The highest BCUT2D eigenvalue weighted by Gasteiger charge is 2.22. The molecule has 5 heteroatoms. The van der Waals surface area contributed by atoms with E-state index in [0.717, 1.165) is 25.8 Å². The number of unbranched alkanes of at least 4 members (excludes halogenated alkanes) is 1. The SMILES string of the molecule is CN(C)NCCCCC(C)(C)C(N)=NO. The standard InChI is InChI=1S/C10H24N4O/c1-10(2,9(11)13-15)7-5-6-8-12-14(3)4/h12,15H,5-8H2,1-4H3,(H2,11,13). The molecule has 0 amide bonds. The molecule has 0 spiro atoms. The van der Waals surface area contributed by atoms with Gasteiger partial charge in [0.05, 0.1) is 0 Å². The van der Waals surface area contributed by atoms with Crippen LogP contribution in [-0.2, 0) is 0 Å². The summed E-state index contributed by atoms with van der Waals surface area (Å²) in [7, 11) is 3.95. The Morgan fingerprint density at radius 2 is 2.00 bits per heavy atom. The van der Waals surface area contributed by atoms with Crippen LogP contribution in [0.5, 0.6) is 0 Å². The molecular formula is C10H24N4O. The van der Waals surface area contributed by atoms with Crippen LogP contribution in [0.25, 0.3) is 0 Å². The molecular weight excluding hydrogens is 192 g/mol. The molecule has 15 heavy (non-hydrogen) atoms. The predicted molar refractivity (Wildman–Crippen MR) is 62.7 cm³/mol. The summed E-state index contributed by atoms with van der Waals surface area (Å²) in [6.45, 7) is 4.93. The van der Waals surface area contributed by atoms with Crippen molar-refractivity contribution in [1.82, 2.24) is 10.4 Å². The van der Waals surface area contributed by atoms with E-state index in [1.807, 2.05) is 33.0 Å². The van der Waals surface area contributed by atoms with Crippen molar-refractivity contribution >= 4 is 5.84 Å². The third-order valence-corrected chi connectivity index (χ3v) is 2.46. The predicted octanol–water partition coefficient (Wildman–Crippen LogP) is 0.996. The van der Waals surface area contributed by atoms with Crippen LogP contribution in [0.2, 0.25) is 0 Å². The second kappa shape index (κ2) is 6.63.